The quantitative estimate of drug-likeness (QED) is 0.580. The molecule has 0 saturated carbocycles. The van der Waals surface area contributed by atoms with E-state index in [4.69, 9.17) is 4.74 Å². The van der Waals surface area contributed by atoms with Crippen LogP contribution in [0.25, 0.3) is 0 Å². The number of benzene rings is 1. The van der Waals surface area contributed by atoms with Crippen LogP contribution in [0.1, 0.15) is 38.3 Å². The summed E-state index contributed by atoms with van der Waals surface area (Å²) in [6, 6.07) is 8.38. The normalized spacial score (nSPS) is 11.9. The molecule has 0 fully saturated rings. The predicted molar refractivity (Wildman–Crippen MR) is 75.3 cm³/mol. The maximum Gasteiger partial charge on any atom is 0.305 e. The van der Waals surface area contributed by atoms with E-state index in [9.17, 15) is 4.79 Å². The van der Waals surface area contributed by atoms with Crippen molar-refractivity contribution in [3.05, 3.63) is 29.8 Å². The highest BCUT2D eigenvalue weighted by molar-refractivity contribution is 5.69. The zero-order chi connectivity index (χ0) is 14.1. The second-order valence-corrected chi connectivity index (χ2v) is 4.38. The van der Waals surface area contributed by atoms with Crippen molar-refractivity contribution in [2.45, 2.75) is 32.7 Å². The summed E-state index contributed by atoms with van der Waals surface area (Å²) < 4.78 is 10.1. The monoisotopic (exact) mass is 265 g/mol. The molecule has 0 aliphatic rings. The third-order valence-corrected chi connectivity index (χ3v) is 2.91. The molecule has 0 radical (unpaired) electrons. The van der Waals surface area contributed by atoms with Crippen LogP contribution in [-0.4, -0.2) is 26.2 Å². The molecule has 1 atom stereocenters. The van der Waals surface area contributed by atoms with Crippen LogP contribution in [0.2, 0.25) is 0 Å². The summed E-state index contributed by atoms with van der Waals surface area (Å²) in [5, 5.41) is 3.36. The molecule has 1 rings (SSSR count). The molecular formula is C15H23NO3. The minimum atomic E-state index is -0.196. The number of carbonyl (C=O) groups excluding carboxylic acids is 1. The Morgan fingerprint density at radius 3 is 2.58 bits per heavy atom. The Kier molecular flexibility index (Phi) is 6.97. The van der Waals surface area contributed by atoms with E-state index in [-0.39, 0.29) is 5.97 Å². The summed E-state index contributed by atoms with van der Waals surface area (Å²) >= 11 is 0. The number of esters is 1. The van der Waals surface area contributed by atoms with E-state index in [1.54, 1.807) is 0 Å². The molecule has 0 aliphatic carbocycles. The Hall–Kier alpha value is -1.55. The first kappa shape index (κ1) is 15.5. The number of nitrogens with one attached hydrogen (secondary N) is 1. The maximum absolute atomic E-state index is 10.9. The highest BCUT2D eigenvalue weighted by Crippen LogP contribution is 2.17. The first-order chi connectivity index (χ1) is 9.17. The minimum absolute atomic E-state index is 0.196. The molecule has 0 aromatic heterocycles. The lowest BCUT2D eigenvalue weighted by Crippen LogP contribution is -2.17. The van der Waals surface area contributed by atoms with Gasteiger partial charge < -0.3 is 14.8 Å². The molecule has 1 unspecified atom stereocenters. The molecule has 1 aromatic rings. The first-order valence-electron chi connectivity index (χ1n) is 6.70. The topological polar surface area (TPSA) is 47.6 Å². The largest absolute Gasteiger partial charge is 0.494 e. The molecule has 1 aromatic carbocycles. The fourth-order valence-corrected chi connectivity index (χ4v) is 1.79. The van der Waals surface area contributed by atoms with Crippen LogP contribution in [-0.2, 0) is 9.53 Å². The molecule has 0 bridgehead atoms. The molecular weight excluding hydrogens is 242 g/mol. The fraction of sp³-hybridized carbons (Fsp3) is 0.533. The van der Waals surface area contributed by atoms with Crippen molar-refractivity contribution >= 4 is 5.97 Å². The van der Waals surface area contributed by atoms with Crippen molar-refractivity contribution in [2.24, 2.45) is 0 Å². The van der Waals surface area contributed by atoms with Crippen LogP contribution in [0.5, 0.6) is 5.75 Å². The molecule has 0 heterocycles. The van der Waals surface area contributed by atoms with Crippen LogP contribution in [0.4, 0.5) is 0 Å². The van der Waals surface area contributed by atoms with E-state index < -0.39 is 0 Å². The molecule has 0 saturated heterocycles. The van der Waals surface area contributed by atoms with Gasteiger partial charge in [0, 0.05) is 12.5 Å². The Balaban J connectivity index is 2.34. The van der Waals surface area contributed by atoms with Gasteiger partial charge in [-0.1, -0.05) is 19.1 Å². The minimum Gasteiger partial charge on any atom is -0.494 e. The second-order valence-electron chi connectivity index (χ2n) is 4.38. The van der Waals surface area contributed by atoms with Crippen molar-refractivity contribution in [2.75, 3.05) is 20.3 Å². The summed E-state index contributed by atoms with van der Waals surface area (Å²) in [7, 11) is 1.40. The zero-order valence-corrected chi connectivity index (χ0v) is 11.9. The van der Waals surface area contributed by atoms with E-state index in [1.165, 1.54) is 12.7 Å². The number of methoxy groups -OCH3 is 1. The smallest absolute Gasteiger partial charge is 0.305 e. The van der Waals surface area contributed by atoms with E-state index in [1.807, 2.05) is 12.1 Å². The predicted octanol–water partition coefficient (Wildman–Crippen LogP) is 2.69. The van der Waals surface area contributed by atoms with Crippen LogP contribution in [0.3, 0.4) is 0 Å². The molecule has 1 N–H and O–H groups in total. The lowest BCUT2D eigenvalue weighted by Gasteiger charge is -2.13. The van der Waals surface area contributed by atoms with Crippen LogP contribution < -0.4 is 10.1 Å². The number of rotatable bonds is 8. The van der Waals surface area contributed by atoms with Crippen molar-refractivity contribution in [3.8, 4) is 5.75 Å². The van der Waals surface area contributed by atoms with Crippen molar-refractivity contribution < 1.29 is 14.3 Å². The average molecular weight is 265 g/mol. The van der Waals surface area contributed by atoms with Crippen LogP contribution >= 0.6 is 0 Å². The standard InChI is InChI=1S/C15H23NO3/c1-4-16-12(2)13-7-9-14(10-8-13)19-11-5-6-15(17)18-3/h7-10,12,16H,4-6,11H2,1-3H3. The Bertz CT molecular complexity index is 375. The third kappa shape index (κ3) is 5.75. The number of hydrogen-bond donors (Lipinski definition) is 1. The van der Waals surface area contributed by atoms with Gasteiger partial charge in [0.15, 0.2) is 0 Å². The maximum atomic E-state index is 10.9. The Labute approximate surface area is 115 Å². The van der Waals surface area contributed by atoms with Gasteiger partial charge in [0.2, 0.25) is 0 Å². The lowest BCUT2D eigenvalue weighted by atomic mass is 10.1. The Morgan fingerprint density at radius 1 is 1.32 bits per heavy atom. The third-order valence-electron chi connectivity index (χ3n) is 2.91. The summed E-state index contributed by atoms with van der Waals surface area (Å²) in [4.78, 5) is 10.9. The van der Waals surface area contributed by atoms with Gasteiger partial charge in [-0.3, -0.25) is 4.79 Å². The van der Waals surface area contributed by atoms with Crippen LogP contribution in [0, 0.1) is 0 Å². The highest BCUT2D eigenvalue weighted by atomic mass is 16.5. The lowest BCUT2D eigenvalue weighted by molar-refractivity contribution is -0.140. The molecule has 4 heteroatoms. The summed E-state index contributed by atoms with van der Waals surface area (Å²) in [6.07, 6.45) is 1.06. The molecule has 0 amide bonds. The SMILES string of the molecule is CCNC(C)c1ccc(OCCCC(=O)OC)cc1. The van der Waals surface area contributed by atoms with Crippen molar-refractivity contribution in [3.63, 3.8) is 0 Å². The van der Waals surface area contributed by atoms with E-state index in [2.05, 4.69) is 36.0 Å². The molecule has 19 heavy (non-hydrogen) atoms. The van der Waals surface area contributed by atoms with E-state index in [0.717, 1.165) is 12.3 Å². The van der Waals surface area contributed by atoms with Gasteiger partial charge in [0.25, 0.3) is 0 Å². The van der Waals surface area contributed by atoms with Gasteiger partial charge in [-0.2, -0.15) is 0 Å². The first-order valence-corrected chi connectivity index (χ1v) is 6.70. The average Bonchev–Trinajstić information content (AvgIpc) is 2.44. The number of hydrogen-bond acceptors (Lipinski definition) is 4. The molecule has 0 aliphatic heterocycles. The summed E-state index contributed by atoms with van der Waals surface area (Å²) in [6.45, 7) is 5.70. The molecule has 4 nitrogen and oxygen atoms in total. The molecule has 106 valence electrons. The summed E-state index contributed by atoms with van der Waals surface area (Å²) in [5.41, 5.74) is 1.24. The number of ether oxygens (including phenoxy) is 2. The van der Waals surface area contributed by atoms with E-state index >= 15 is 0 Å². The molecule has 0 spiro atoms. The highest BCUT2D eigenvalue weighted by Gasteiger charge is 2.04. The van der Waals surface area contributed by atoms with Gasteiger partial charge in [-0.05, 0) is 37.6 Å². The second kappa shape index (κ2) is 8.53. The van der Waals surface area contributed by atoms with Gasteiger partial charge in [-0.15, -0.1) is 0 Å². The summed E-state index contributed by atoms with van der Waals surface area (Å²) in [5.74, 6) is 0.635. The van der Waals surface area contributed by atoms with Crippen molar-refractivity contribution in [1.82, 2.24) is 5.32 Å². The van der Waals surface area contributed by atoms with Crippen LogP contribution in [0.15, 0.2) is 24.3 Å². The number of carbonyl (C=O) groups is 1. The fourth-order valence-electron chi connectivity index (χ4n) is 1.79. The zero-order valence-electron chi connectivity index (χ0n) is 11.9. The van der Waals surface area contributed by atoms with Gasteiger partial charge in [0.1, 0.15) is 5.75 Å². The van der Waals surface area contributed by atoms with E-state index in [0.29, 0.717) is 25.5 Å². The van der Waals surface area contributed by atoms with Gasteiger partial charge >= 0.3 is 5.97 Å². The van der Waals surface area contributed by atoms with Gasteiger partial charge in [-0.25, -0.2) is 0 Å². The Morgan fingerprint density at radius 2 is 2.00 bits per heavy atom. The van der Waals surface area contributed by atoms with Gasteiger partial charge in [0.05, 0.1) is 13.7 Å². The van der Waals surface area contributed by atoms with Crippen molar-refractivity contribution in [1.29, 1.82) is 0 Å².